The van der Waals surface area contributed by atoms with Crippen LogP contribution in [0.2, 0.25) is 0 Å². The fourth-order valence-electron chi connectivity index (χ4n) is 1.96. The second kappa shape index (κ2) is 7.00. The quantitative estimate of drug-likeness (QED) is 0.920. The molecule has 0 aliphatic carbocycles. The van der Waals surface area contributed by atoms with E-state index in [1.54, 1.807) is 58.3 Å². The normalized spacial score (nSPS) is 10.3. The lowest BCUT2D eigenvalue weighted by Crippen LogP contribution is -2.27. The van der Waals surface area contributed by atoms with E-state index in [0.717, 1.165) is 0 Å². The van der Waals surface area contributed by atoms with Crippen LogP contribution in [0, 0.1) is 13.8 Å². The maximum atomic E-state index is 12.2. The second-order valence-corrected chi connectivity index (χ2v) is 5.38. The number of rotatable bonds is 5. The number of aryl methyl sites for hydroxylation is 2. The van der Waals surface area contributed by atoms with Crippen LogP contribution in [0.1, 0.15) is 21.9 Å². The summed E-state index contributed by atoms with van der Waals surface area (Å²) in [5.41, 5.74) is 1.15. The van der Waals surface area contributed by atoms with Gasteiger partial charge in [0.1, 0.15) is 17.3 Å². The topological polar surface area (TPSA) is 71.8 Å². The molecule has 0 radical (unpaired) electrons. The Kier molecular flexibility index (Phi) is 5.05. The third-order valence-corrected chi connectivity index (χ3v) is 3.26. The Morgan fingerprint density at radius 3 is 2.35 bits per heavy atom. The van der Waals surface area contributed by atoms with Crippen LogP contribution in [0.15, 0.2) is 34.7 Å². The van der Waals surface area contributed by atoms with Gasteiger partial charge in [-0.05, 0) is 44.2 Å². The minimum atomic E-state index is -0.226. The lowest BCUT2D eigenvalue weighted by Gasteiger charge is -2.11. The molecule has 1 aromatic carbocycles. The number of anilines is 1. The zero-order valence-corrected chi connectivity index (χ0v) is 13.7. The van der Waals surface area contributed by atoms with E-state index in [9.17, 15) is 9.59 Å². The predicted molar refractivity (Wildman–Crippen MR) is 86.8 cm³/mol. The first-order valence-electron chi connectivity index (χ1n) is 7.18. The van der Waals surface area contributed by atoms with Gasteiger partial charge in [0.2, 0.25) is 0 Å². The second-order valence-electron chi connectivity index (χ2n) is 5.38. The molecule has 2 aromatic rings. The van der Waals surface area contributed by atoms with E-state index in [4.69, 9.17) is 9.15 Å². The minimum absolute atomic E-state index is 0.0216. The molecule has 0 aliphatic heterocycles. The summed E-state index contributed by atoms with van der Waals surface area (Å²) in [6.07, 6.45) is 0. The number of hydrogen-bond donors (Lipinski definition) is 1. The smallest absolute Gasteiger partial charge is 0.259 e. The van der Waals surface area contributed by atoms with E-state index >= 15 is 0 Å². The summed E-state index contributed by atoms with van der Waals surface area (Å²) in [4.78, 5) is 25.1. The molecule has 0 bridgehead atoms. The number of furan rings is 1. The monoisotopic (exact) mass is 316 g/mol. The van der Waals surface area contributed by atoms with Crippen molar-refractivity contribution in [2.45, 2.75) is 13.8 Å². The first kappa shape index (κ1) is 16.6. The van der Waals surface area contributed by atoms with Crippen molar-refractivity contribution in [3.05, 3.63) is 47.4 Å². The van der Waals surface area contributed by atoms with Gasteiger partial charge < -0.3 is 19.4 Å². The number of carbonyl (C=O) groups is 2. The minimum Gasteiger partial charge on any atom is -0.484 e. The Hall–Kier alpha value is -2.76. The molecule has 0 saturated heterocycles. The van der Waals surface area contributed by atoms with Gasteiger partial charge >= 0.3 is 0 Å². The van der Waals surface area contributed by atoms with Crippen molar-refractivity contribution in [3.8, 4) is 5.75 Å². The molecule has 6 nitrogen and oxygen atoms in total. The maximum absolute atomic E-state index is 12.2. The van der Waals surface area contributed by atoms with Crippen molar-refractivity contribution in [3.63, 3.8) is 0 Å². The summed E-state index contributed by atoms with van der Waals surface area (Å²) >= 11 is 0. The molecule has 2 rings (SSSR count). The van der Waals surface area contributed by atoms with Crippen LogP contribution in [0.4, 0.5) is 5.69 Å². The van der Waals surface area contributed by atoms with Gasteiger partial charge in [-0.3, -0.25) is 9.59 Å². The first-order valence-corrected chi connectivity index (χ1v) is 7.18. The Labute approximate surface area is 135 Å². The number of hydrogen-bond acceptors (Lipinski definition) is 4. The molecule has 1 aromatic heterocycles. The summed E-state index contributed by atoms with van der Waals surface area (Å²) in [7, 11) is 3.34. The zero-order chi connectivity index (χ0) is 17.0. The van der Waals surface area contributed by atoms with Gasteiger partial charge in [-0.15, -0.1) is 0 Å². The Balaban J connectivity index is 1.96. The summed E-state index contributed by atoms with van der Waals surface area (Å²) in [5.74, 6) is 1.50. The highest BCUT2D eigenvalue weighted by Crippen LogP contribution is 2.19. The average Bonchev–Trinajstić information content (AvgIpc) is 2.84. The number of ether oxygens (including phenoxy) is 1. The van der Waals surface area contributed by atoms with Crippen molar-refractivity contribution in [2.24, 2.45) is 0 Å². The van der Waals surface area contributed by atoms with Crippen LogP contribution < -0.4 is 10.1 Å². The Morgan fingerprint density at radius 2 is 1.83 bits per heavy atom. The van der Waals surface area contributed by atoms with Crippen LogP contribution in [-0.4, -0.2) is 37.4 Å². The predicted octanol–water partition coefficient (Wildman–Crippen LogP) is 2.62. The summed E-state index contributed by atoms with van der Waals surface area (Å²) in [6, 6.07) is 8.54. The Bertz CT molecular complexity index is 702. The summed E-state index contributed by atoms with van der Waals surface area (Å²) in [5, 5.41) is 2.79. The lowest BCUT2D eigenvalue weighted by atomic mass is 10.2. The van der Waals surface area contributed by atoms with Crippen molar-refractivity contribution in [1.29, 1.82) is 0 Å². The fourth-order valence-corrected chi connectivity index (χ4v) is 1.96. The summed E-state index contributed by atoms with van der Waals surface area (Å²) in [6.45, 7) is 3.53. The van der Waals surface area contributed by atoms with Crippen LogP contribution in [-0.2, 0) is 4.79 Å². The van der Waals surface area contributed by atoms with E-state index < -0.39 is 0 Å². The fraction of sp³-hybridized carbons (Fsp3) is 0.294. The third kappa shape index (κ3) is 4.35. The highest BCUT2D eigenvalue weighted by molar-refractivity contribution is 6.05. The van der Waals surface area contributed by atoms with E-state index in [1.807, 2.05) is 0 Å². The highest BCUT2D eigenvalue weighted by atomic mass is 16.5. The number of nitrogens with zero attached hydrogens (tertiary/aromatic N) is 1. The van der Waals surface area contributed by atoms with Crippen LogP contribution >= 0.6 is 0 Å². The van der Waals surface area contributed by atoms with Crippen LogP contribution in [0.25, 0.3) is 0 Å². The average molecular weight is 316 g/mol. The molecule has 0 saturated carbocycles. The molecular weight excluding hydrogens is 296 g/mol. The molecule has 0 spiro atoms. The molecule has 6 heteroatoms. The molecule has 0 fully saturated rings. The molecule has 1 N–H and O–H groups in total. The third-order valence-electron chi connectivity index (χ3n) is 3.26. The summed E-state index contributed by atoms with van der Waals surface area (Å²) < 4.78 is 10.7. The molecule has 0 aliphatic rings. The maximum Gasteiger partial charge on any atom is 0.259 e. The van der Waals surface area contributed by atoms with Crippen molar-refractivity contribution in [1.82, 2.24) is 4.90 Å². The van der Waals surface area contributed by atoms with Gasteiger partial charge in [0.05, 0.1) is 5.56 Å². The number of benzene rings is 1. The van der Waals surface area contributed by atoms with E-state index in [0.29, 0.717) is 28.5 Å². The zero-order valence-electron chi connectivity index (χ0n) is 13.7. The standard InChI is InChI=1S/C17H20N2O4/c1-11-9-15(12(2)23-11)17(21)18-13-5-7-14(8-6-13)22-10-16(20)19(3)4/h5-9H,10H2,1-4H3,(H,18,21). The van der Waals surface area contributed by atoms with Gasteiger partial charge in [0.25, 0.3) is 11.8 Å². The van der Waals surface area contributed by atoms with E-state index in [1.165, 1.54) is 4.90 Å². The van der Waals surface area contributed by atoms with Gasteiger partial charge in [-0.25, -0.2) is 0 Å². The van der Waals surface area contributed by atoms with Gasteiger partial charge in [-0.2, -0.15) is 0 Å². The van der Waals surface area contributed by atoms with Crippen molar-refractivity contribution >= 4 is 17.5 Å². The van der Waals surface area contributed by atoms with E-state index in [2.05, 4.69) is 5.32 Å². The lowest BCUT2D eigenvalue weighted by molar-refractivity contribution is -0.130. The van der Waals surface area contributed by atoms with E-state index in [-0.39, 0.29) is 18.4 Å². The van der Waals surface area contributed by atoms with Crippen LogP contribution in [0.3, 0.4) is 0 Å². The molecule has 23 heavy (non-hydrogen) atoms. The molecule has 1 heterocycles. The van der Waals surface area contributed by atoms with Crippen molar-refractivity contribution < 1.29 is 18.7 Å². The molecular formula is C17H20N2O4. The number of nitrogens with one attached hydrogen (secondary N) is 1. The van der Waals surface area contributed by atoms with Crippen LogP contribution in [0.5, 0.6) is 5.75 Å². The van der Waals surface area contributed by atoms with Gasteiger partial charge in [-0.1, -0.05) is 0 Å². The largest absolute Gasteiger partial charge is 0.484 e. The number of likely N-dealkylation sites (N-methyl/N-ethyl adjacent to an activating group) is 1. The Morgan fingerprint density at radius 1 is 1.17 bits per heavy atom. The number of amides is 2. The van der Waals surface area contributed by atoms with Crippen molar-refractivity contribution in [2.75, 3.05) is 26.0 Å². The first-order chi connectivity index (χ1) is 10.9. The SMILES string of the molecule is Cc1cc(C(=O)Nc2ccc(OCC(=O)N(C)C)cc2)c(C)o1. The molecule has 0 atom stereocenters. The highest BCUT2D eigenvalue weighted by Gasteiger charge is 2.13. The molecule has 2 amide bonds. The van der Waals surface area contributed by atoms with Gasteiger partial charge in [0, 0.05) is 19.8 Å². The molecule has 0 unspecified atom stereocenters. The molecule has 122 valence electrons. The van der Waals surface area contributed by atoms with Gasteiger partial charge in [0.15, 0.2) is 6.61 Å². The number of carbonyl (C=O) groups excluding carboxylic acids is 2.